The molecular weight excluding hydrogens is 210 g/mol. The van der Waals surface area contributed by atoms with Gasteiger partial charge in [0.2, 0.25) is 5.91 Å². The Morgan fingerprint density at radius 1 is 0.824 bits per heavy atom. The number of amides is 1. The lowest BCUT2D eigenvalue weighted by atomic mass is 10.1. The van der Waals surface area contributed by atoms with Crippen molar-refractivity contribution in [3.63, 3.8) is 0 Å². The van der Waals surface area contributed by atoms with Crippen LogP contribution < -0.4 is 0 Å². The number of nitrogens with zero attached hydrogens (tertiary/aromatic N) is 1. The first-order chi connectivity index (χ1) is 8.22. The van der Waals surface area contributed by atoms with Crippen LogP contribution in [0.2, 0.25) is 0 Å². The molecule has 0 unspecified atom stereocenters. The average molecular weight is 241 g/mol. The second-order valence-corrected chi connectivity index (χ2v) is 4.93. The zero-order chi connectivity index (χ0) is 12.9. The average Bonchev–Trinajstić information content (AvgIpc) is 2.31. The first kappa shape index (κ1) is 16.5. The van der Waals surface area contributed by atoms with Gasteiger partial charge >= 0.3 is 0 Å². The molecule has 0 aromatic carbocycles. The van der Waals surface area contributed by atoms with Crippen LogP contribution in [0.15, 0.2) is 0 Å². The Balaban J connectivity index is 3.20. The third-order valence-electron chi connectivity index (χ3n) is 3.36. The summed E-state index contributed by atoms with van der Waals surface area (Å²) in [4.78, 5) is 13.1. The Bertz CT molecular complexity index is 180. The van der Waals surface area contributed by atoms with Crippen LogP contribution in [0.4, 0.5) is 0 Å². The molecule has 0 spiro atoms. The maximum absolute atomic E-state index is 11.2. The van der Waals surface area contributed by atoms with Gasteiger partial charge in [-0.15, -0.1) is 0 Å². The molecule has 2 nitrogen and oxygen atoms in total. The molecule has 0 fully saturated rings. The van der Waals surface area contributed by atoms with Gasteiger partial charge in [0.25, 0.3) is 0 Å². The number of unbranched alkanes of at least 4 members (excludes halogenated alkanes) is 8. The van der Waals surface area contributed by atoms with Gasteiger partial charge in [0.1, 0.15) is 0 Å². The zero-order valence-corrected chi connectivity index (χ0v) is 12.1. The highest BCUT2D eigenvalue weighted by Crippen LogP contribution is 2.09. The van der Waals surface area contributed by atoms with Crippen LogP contribution in [0, 0.1) is 0 Å². The molecule has 1 amide bonds. The van der Waals surface area contributed by atoms with Crippen molar-refractivity contribution in [2.24, 2.45) is 0 Å². The van der Waals surface area contributed by atoms with Gasteiger partial charge in [-0.1, -0.05) is 58.3 Å². The maximum atomic E-state index is 11.2. The van der Waals surface area contributed by atoms with Gasteiger partial charge in [0.05, 0.1) is 0 Å². The number of hydrogen-bond acceptors (Lipinski definition) is 1. The van der Waals surface area contributed by atoms with Crippen molar-refractivity contribution in [1.29, 1.82) is 0 Å². The van der Waals surface area contributed by atoms with Crippen LogP contribution in [0.5, 0.6) is 0 Å². The van der Waals surface area contributed by atoms with Crippen LogP contribution in [-0.2, 0) is 4.79 Å². The molecule has 0 aliphatic rings. The van der Waals surface area contributed by atoms with E-state index in [1.54, 1.807) is 6.92 Å². The molecule has 0 saturated carbocycles. The highest BCUT2D eigenvalue weighted by Gasteiger charge is 2.04. The molecule has 0 aliphatic carbocycles. The summed E-state index contributed by atoms with van der Waals surface area (Å²) in [7, 11) is 0. The fraction of sp³-hybridized carbons (Fsp3) is 0.933. The highest BCUT2D eigenvalue weighted by molar-refractivity contribution is 5.73. The Hall–Kier alpha value is -0.530. The third-order valence-corrected chi connectivity index (χ3v) is 3.36. The SMILES string of the molecule is CCCCCCCCCCCN(CC)C(C)=O. The van der Waals surface area contributed by atoms with Crippen molar-refractivity contribution in [2.75, 3.05) is 13.1 Å². The van der Waals surface area contributed by atoms with Crippen molar-refractivity contribution < 1.29 is 4.79 Å². The lowest BCUT2D eigenvalue weighted by molar-refractivity contribution is -0.128. The van der Waals surface area contributed by atoms with Crippen molar-refractivity contribution in [3.05, 3.63) is 0 Å². The Labute approximate surface area is 108 Å². The summed E-state index contributed by atoms with van der Waals surface area (Å²) >= 11 is 0. The van der Waals surface area contributed by atoms with Gasteiger partial charge in [-0.05, 0) is 13.3 Å². The van der Waals surface area contributed by atoms with E-state index < -0.39 is 0 Å². The summed E-state index contributed by atoms with van der Waals surface area (Å²) in [6.45, 7) is 7.77. The van der Waals surface area contributed by atoms with E-state index in [2.05, 4.69) is 13.8 Å². The predicted molar refractivity (Wildman–Crippen MR) is 75.2 cm³/mol. The van der Waals surface area contributed by atoms with Gasteiger partial charge in [-0.3, -0.25) is 4.79 Å². The van der Waals surface area contributed by atoms with Gasteiger partial charge in [0.15, 0.2) is 0 Å². The lowest BCUT2D eigenvalue weighted by Gasteiger charge is -2.18. The monoisotopic (exact) mass is 241 g/mol. The standard InChI is InChI=1S/C15H31NO/c1-4-6-7-8-9-10-11-12-13-14-16(5-2)15(3)17/h4-14H2,1-3H3. The lowest BCUT2D eigenvalue weighted by Crippen LogP contribution is -2.29. The molecule has 0 atom stereocenters. The number of hydrogen-bond donors (Lipinski definition) is 0. The van der Waals surface area contributed by atoms with E-state index in [1.165, 1.54) is 57.8 Å². The van der Waals surface area contributed by atoms with E-state index in [0.29, 0.717) is 0 Å². The Morgan fingerprint density at radius 2 is 1.29 bits per heavy atom. The molecule has 0 bridgehead atoms. The van der Waals surface area contributed by atoms with E-state index >= 15 is 0 Å². The van der Waals surface area contributed by atoms with E-state index in [-0.39, 0.29) is 5.91 Å². The topological polar surface area (TPSA) is 20.3 Å². The van der Waals surface area contributed by atoms with E-state index in [1.807, 2.05) is 4.90 Å². The molecule has 0 saturated heterocycles. The van der Waals surface area contributed by atoms with Crippen LogP contribution >= 0.6 is 0 Å². The second-order valence-electron chi connectivity index (χ2n) is 4.93. The van der Waals surface area contributed by atoms with E-state index in [0.717, 1.165) is 13.1 Å². The summed E-state index contributed by atoms with van der Waals surface area (Å²) in [6, 6.07) is 0. The maximum Gasteiger partial charge on any atom is 0.219 e. The molecule has 0 aromatic rings. The summed E-state index contributed by atoms with van der Waals surface area (Å²) < 4.78 is 0. The first-order valence-electron chi connectivity index (χ1n) is 7.47. The first-order valence-corrected chi connectivity index (χ1v) is 7.47. The Morgan fingerprint density at radius 3 is 1.71 bits per heavy atom. The zero-order valence-electron chi connectivity index (χ0n) is 12.1. The minimum absolute atomic E-state index is 0.215. The van der Waals surface area contributed by atoms with Crippen molar-refractivity contribution in [2.45, 2.75) is 78.6 Å². The molecule has 0 heterocycles. The minimum Gasteiger partial charge on any atom is -0.343 e. The molecule has 0 radical (unpaired) electrons. The van der Waals surface area contributed by atoms with Crippen LogP contribution in [0.1, 0.15) is 78.6 Å². The summed E-state index contributed by atoms with van der Waals surface area (Å²) in [6.07, 6.45) is 12.1. The molecule has 102 valence electrons. The quantitative estimate of drug-likeness (QED) is 0.491. The van der Waals surface area contributed by atoms with Crippen molar-refractivity contribution in [1.82, 2.24) is 4.90 Å². The molecule has 0 aliphatic heterocycles. The van der Waals surface area contributed by atoms with Crippen LogP contribution in [0.3, 0.4) is 0 Å². The summed E-state index contributed by atoms with van der Waals surface area (Å²) in [5, 5.41) is 0. The molecule has 0 rings (SSSR count). The third kappa shape index (κ3) is 10.3. The second kappa shape index (κ2) is 11.9. The minimum atomic E-state index is 0.215. The highest BCUT2D eigenvalue weighted by atomic mass is 16.2. The normalized spacial score (nSPS) is 10.5. The van der Waals surface area contributed by atoms with Crippen LogP contribution in [0.25, 0.3) is 0 Å². The molecular formula is C15H31NO. The molecule has 0 N–H and O–H groups in total. The number of carbonyl (C=O) groups excluding carboxylic acids is 1. The van der Waals surface area contributed by atoms with Crippen molar-refractivity contribution in [3.8, 4) is 0 Å². The van der Waals surface area contributed by atoms with E-state index in [9.17, 15) is 4.79 Å². The fourth-order valence-corrected chi connectivity index (χ4v) is 2.15. The fourth-order valence-electron chi connectivity index (χ4n) is 2.15. The number of rotatable bonds is 11. The Kier molecular flexibility index (Phi) is 11.6. The van der Waals surface area contributed by atoms with Gasteiger partial charge in [0, 0.05) is 20.0 Å². The summed E-state index contributed by atoms with van der Waals surface area (Å²) in [5.74, 6) is 0.215. The smallest absolute Gasteiger partial charge is 0.219 e. The van der Waals surface area contributed by atoms with Crippen molar-refractivity contribution >= 4 is 5.91 Å². The van der Waals surface area contributed by atoms with E-state index in [4.69, 9.17) is 0 Å². The van der Waals surface area contributed by atoms with Gasteiger partial charge < -0.3 is 4.90 Å². The largest absolute Gasteiger partial charge is 0.343 e. The molecule has 17 heavy (non-hydrogen) atoms. The van der Waals surface area contributed by atoms with Crippen LogP contribution in [-0.4, -0.2) is 23.9 Å². The molecule has 0 aromatic heterocycles. The van der Waals surface area contributed by atoms with Gasteiger partial charge in [-0.2, -0.15) is 0 Å². The van der Waals surface area contributed by atoms with Gasteiger partial charge in [-0.25, -0.2) is 0 Å². The predicted octanol–water partition coefficient (Wildman–Crippen LogP) is 4.39. The number of carbonyl (C=O) groups is 1. The molecule has 2 heteroatoms. The summed E-state index contributed by atoms with van der Waals surface area (Å²) in [5.41, 5.74) is 0.